The summed E-state index contributed by atoms with van der Waals surface area (Å²) < 4.78 is 41.0. The average molecular weight is 419 g/mol. The van der Waals surface area contributed by atoms with Gasteiger partial charge in [0.1, 0.15) is 5.82 Å². The highest BCUT2D eigenvalue weighted by molar-refractivity contribution is 7.92. The van der Waals surface area contributed by atoms with Gasteiger partial charge in [0.2, 0.25) is 5.91 Å². The van der Waals surface area contributed by atoms with Crippen LogP contribution in [0.5, 0.6) is 0 Å². The van der Waals surface area contributed by atoms with Crippen molar-refractivity contribution in [3.05, 3.63) is 89.2 Å². The minimum absolute atomic E-state index is 0.0972. The van der Waals surface area contributed by atoms with Crippen molar-refractivity contribution in [3.63, 3.8) is 0 Å². The van der Waals surface area contributed by atoms with Gasteiger partial charge in [0.15, 0.2) is 0 Å². The molecule has 0 unspecified atom stereocenters. The summed E-state index contributed by atoms with van der Waals surface area (Å²) in [5, 5.41) is 3.23. The molecule has 0 atom stereocenters. The molecule has 8 heteroatoms. The standard InChI is InChI=1S/C20H16ClFN2O3S/c21-15-10-8-14(9-11-15)12-20(25)23-16-4-3-5-17(13-16)28(26,27)24-19-7-2-1-6-18(19)22/h1-11,13,24H,12H2,(H,23,25). The molecule has 0 spiro atoms. The second-order valence-electron chi connectivity index (χ2n) is 5.96. The molecule has 0 heterocycles. The van der Waals surface area contributed by atoms with Gasteiger partial charge in [-0.1, -0.05) is 41.9 Å². The normalized spacial score (nSPS) is 11.1. The molecule has 3 rings (SSSR count). The summed E-state index contributed by atoms with van der Waals surface area (Å²) in [6.07, 6.45) is 0.113. The third kappa shape index (κ3) is 5.09. The lowest BCUT2D eigenvalue weighted by atomic mass is 10.1. The van der Waals surface area contributed by atoms with Crippen molar-refractivity contribution in [1.82, 2.24) is 0 Å². The van der Waals surface area contributed by atoms with Crippen LogP contribution < -0.4 is 10.0 Å². The Hall–Kier alpha value is -2.90. The second kappa shape index (κ2) is 8.41. The van der Waals surface area contributed by atoms with Crippen LogP contribution in [0.3, 0.4) is 0 Å². The molecule has 2 N–H and O–H groups in total. The zero-order valence-corrected chi connectivity index (χ0v) is 16.1. The van der Waals surface area contributed by atoms with E-state index in [1.807, 2.05) is 0 Å². The maximum atomic E-state index is 13.7. The van der Waals surface area contributed by atoms with E-state index < -0.39 is 15.8 Å². The van der Waals surface area contributed by atoms with Crippen molar-refractivity contribution >= 4 is 38.9 Å². The highest BCUT2D eigenvalue weighted by Gasteiger charge is 2.17. The molecule has 0 aliphatic rings. The zero-order chi connectivity index (χ0) is 20.1. The number of carbonyl (C=O) groups is 1. The molecule has 28 heavy (non-hydrogen) atoms. The van der Waals surface area contributed by atoms with E-state index in [0.29, 0.717) is 10.7 Å². The Morgan fingerprint density at radius 1 is 0.964 bits per heavy atom. The number of para-hydroxylation sites is 1. The van der Waals surface area contributed by atoms with Crippen LogP contribution in [-0.4, -0.2) is 14.3 Å². The van der Waals surface area contributed by atoms with Crippen LogP contribution in [-0.2, 0) is 21.2 Å². The van der Waals surface area contributed by atoms with E-state index in [1.165, 1.54) is 36.4 Å². The lowest BCUT2D eigenvalue weighted by Crippen LogP contribution is -2.16. The molecule has 3 aromatic rings. The van der Waals surface area contributed by atoms with Gasteiger partial charge in [-0.3, -0.25) is 9.52 Å². The molecule has 0 aliphatic carbocycles. The first-order valence-electron chi connectivity index (χ1n) is 8.25. The number of nitrogens with one attached hydrogen (secondary N) is 2. The summed E-state index contributed by atoms with van der Waals surface area (Å²) in [6.45, 7) is 0. The minimum Gasteiger partial charge on any atom is -0.326 e. The highest BCUT2D eigenvalue weighted by atomic mass is 35.5. The van der Waals surface area contributed by atoms with E-state index in [9.17, 15) is 17.6 Å². The van der Waals surface area contributed by atoms with Gasteiger partial charge in [-0.25, -0.2) is 12.8 Å². The Balaban J connectivity index is 1.73. The zero-order valence-electron chi connectivity index (χ0n) is 14.5. The largest absolute Gasteiger partial charge is 0.326 e. The van der Waals surface area contributed by atoms with Crippen LogP contribution in [0.15, 0.2) is 77.7 Å². The van der Waals surface area contributed by atoms with Gasteiger partial charge in [-0.05, 0) is 48.0 Å². The van der Waals surface area contributed by atoms with Crippen LogP contribution >= 0.6 is 11.6 Å². The number of halogens is 2. The lowest BCUT2D eigenvalue weighted by Gasteiger charge is -2.11. The minimum atomic E-state index is -4.01. The summed E-state index contributed by atoms with van der Waals surface area (Å²) in [6, 6.07) is 18.0. The summed E-state index contributed by atoms with van der Waals surface area (Å²) in [4.78, 5) is 12.1. The Bertz CT molecular complexity index is 1100. The molecule has 0 bridgehead atoms. The van der Waals surface area contributed by atoms with Crippen molar-refractivity contribution in [2.45, 2.75) is 11.3 Å². The van der Waals surface area contributed by atoms with E-state index in [0.717, 1.165) is 11.6 Å². The van der Waals surface area contributed by atoms with Crippen LogP contribution in [0.25, 0.3) is 0 Å². The molecule has 0 saturated carbocycles. The molecule has 0 fully saturated rings. The number of carbonyl (C=O) groups excluding carboxylic acids is 1. The maximum Gasteiger partial charge on any atom is 0.262 e. The number of hydrogen-bond acceptors (Lipinski definition) is 3. The predicted octanol–water partition coefficient (Wildman–Crippen LogP) is 4.46. The Morgan fingerprint density at radius 3 is 2.39 bits per heavy atom. The molecule has 3 aromatic carbocycles. The Kier molecular flexibility index (Phi) is 5.96. The molecule has 1 amide bonds. The third-order valence-corrected chi connectivity index (χ3v) is 5.44. The van der Waals surface area contributed by atoms with Crippen molar-refractivity contribution in [3.8, 4) is 0 Å². The highest BCUT2D eigenvalue weighted by Crippen LogP contribution is 2.21. The van der Waals surface area contributed by atoms with Gasteiger partial charge in [0, 0.05) is 10.7 Å². The van der Waals surface area contributed by atoms with Crippen molar-refractivity contribution in [2.75, 3.05) is 10.0 Å². The average Bonchev–Trinajstić information content (AvgIpc) is 2.65. The van der Waals surface area contributed by atoms with Crippen LogP contribution in [0.4, 0.5) is 15.8 Å². The Morgan fingerprint density at radius 2 is 1.68 bits per heavy atom. The topological polar surface area (TPSA) is 75.3 Å². The van der Waals surface area contributed by atoms with E-state index >= 15 is 0 Å². The molecule has 0 radical (unpaired) electrons. The van der Waals surface area contributed by atoms with Gasteiger partial charge in [-0.15, -0.1) is 0 Å². The van der Waals surface area contributed by atoms with Gasteiger partial charge in [0.25, 0.3) is 10.0 Å². The van der Waals surface area contributed by atoms with E-state index in [4.69, 9.17) is 11.6 Å². The van der Waals surface area contributed by atoms with E-state index in [2.05, 4.69) is 10.0 Å². The first-order chi connectivity index (χ1) is 13.3. The summed E-state index contributed by atoms with van der Waals surface area (Å²) >= 11 is 5.82. The third-order valence-electron chi connectivity index (χ3n) is 3.82. The molecular weight excluding hydrogens is 403 g/mol. The summed E-state index contributed by atoms with van der Waals surface area (Å²) in [5.74, 6) is -0.988. The number of anilines is 2. The number of amides is 1. The van der Waals surface area contributed by atoms with Crippen molar-refractivity contribution < 1.29 is 17.6 Å². The fourth-order valence-corrected chi connectivity index (χ4v) is 3.72. The first-order valence-corrected chi connectivity index (χ1v) is 10.1. The summed E-state index contributed by atoms with van der Waals surface area (Å²) in [7, 11) is -4.01. The number of sulfonamides is 1. The van der Waals surface area contributed by atoms with Gasteiger partial charge in [0.05, 0.1) is 17.0 Å². The second-order valence-corrected chi connectivity index (χ2v) is 8.08. The monoisotopic (exact) mass is 418 g/mol. The quantitative estimate of drug-likeness (QED) is 0.620. The van der Waals surface area contributed by atoms with Crippen LogP contribution in [0.1, 0.15) is 5.56 Å². The molecule has 0 saturated heterocycles. The van der Waals surface area contributed by atoms with Crippen molar-refractivity contribution in [2.24, 2.45) is 0 Å². The fraction of sp³-hybridized carbons (Fsp3) is 0.0500. The van der Waals surface area contributed by atoms with Gasteiger partial charge >= 0.3 is 0 Å². The smallest absolute Gasteiger partial charge is 0.262 e. The summed E-state index contributed by atoms with van der Waals surface area (Å²) in [5.41, 5.74) is 0.932. The van der Waals surface area contributed by atoms with E-state index in [-0.39, 0.29) is 22.9 Å². The molecule has 144 valence electrons. The number of benzene rings is 3. The van der Waals surface area contributed by atoms with Gasteiger partial charge < -0.3 is 5.32 Å². The molecule has 5 nitrogen and oxygen atoms in total. The molecular formula is C20H16ClFN2O3S. The van der Waals surface area contributed by atoms with Crippen molar-refractivity contribution in [1.29, 1.82) is 0 Å². The van der Waals surface area contributed by atoms with Crippen LogP contribution in [0.2, 0.25) is 5.02 Å². The lowest BCUT2D eigenvalue weighted by molar-refractivity contribution is -0.115. The van der Waals surface area contributed by atoms with Gasteiger partial charge in [-0.2, -0.15) is 0 Å². The Labute approximate surface area is 167 Å². The fourth-order valence-electron chi connectivity index (χ4n) is 2.48. The predicted molar refractivity (Wildman–Crippen MR) is 107 cm³/mol. The first kappa shape index (κ1) is 19.9. The van der Waals surface area contributed by atoms with E-state index in [1.54, 1.807) is 30.3 Å². The van der Waals surface area contributed by atoms with Crippen LogP contribution in [0, 0.1) is 5.82 Å². The molecule has 0 aliphatic heterocycles. The number of rotatable bonds is 6. The molecule has 0 aromatic heterocycles. The SMILES string of the molecule is O=C(Cc1ccc(Cl)cc1)Nc1cccc(S(=O)(=O)Nc2ccccc2F)c1. The number of hydrogen-bond donors (Lipinski definition) is 2. The maximum absolute atomic E-state index is 13.7.